The number of ketones is 1. The lowest BCUT2D eigenvalue weighted by molar-refractivity contribution is 0.0873. The smallest absolute Gasteiger partial charge is 0.198 e. The highest BCUT2D eigenvalue weighted by Crippen LogP contribution is 2.22. The van der Waals surface area contributed by atoms with Gasteiger partial charge in [-0.15, -0.1) is 0 Å². The van der Waals surface area contributed by atoms with Gasteiger partial charge in [0.05, 0.1) is 5.69 Å². The zero-order valence-electron chi connectivity index (χ0n) is 8.45. The summed E-state index contributed by atoms with van der Waals surface area (Å²) in [6, 6.07) is 0. The number of imidazole rings is 1. The van der Waals surface area contributed by atoms with Crippen LogP contribution in [0.15, 0.2) is 0 Å². The third kappa shape index (κ3) is 1.26. The van der Waals surface area contributed by atoms with E-state index < -0.39 is 0 Å². The molecule has 0 amide bonds. The first kappa shape index (κ1) is 9.40. The number of aryl methyl sites for hydroxylation is 1. The van der Waals surface area contributed by atoms with Gasteiger partial charge in [-0.05, 0) is 13.8 Å². The number of aliphatic hydroxyl groups is 1. The standard InChI is InChI=1S/C10H14N2O2/c1-6-7(2)12-4-8(5-13)3-9(14)10(12)11-6/h8,13H,3-5H2,1-2H3. The highest BCUT2D eigenvalue weighted by molar-refractivity contribution is 5.93. The second-order valence-electron chi connectivity index (χ2n) is 3.89. The molecule has 0 saturated carbocycles. The van der Waals surface area contributed by atoms with E-state index >= 15 is 0 Å². The summed E-state index contributed by atoms with van der Waals surface area (Å²) in [5.74, 6) is 0.665. The predicted molar refractivity (Wildman–Crippen MR) is 51.2 cm³/mol. The number of carbonyl (C=O) groups is 1. The first-order valence-corrected chi connectivity index (χ1v) is 4.81. The molecule has 4 nitrogen and oxygen atoms in total. The zero-order chi connectivity index (χ0) is 10.3. The Morgan fingerprint density at radius 2 is 2.29 bits per heavy atom. The van der Waals surface area contributed by atoms with Crippen LogP contribution in [0.3, 0.4) is 0 Å². The van der Waals surface area contributed by atoms with Crippen LogP contribution in [-0.4, -0.2) is 27.0 Å². The summed E-state index contributed by atoms with van der Waals surface area (Å²) in [6.07, 6.45) is 0.423. The normalized spacial score (nSPS) is 21.1. The Morgan fingerprint density at radius 3 is 2.93 bits per heavy atom. The summed E-state index contributed by atoms with van der Waals surface area (Å²) in [5.41, 5.74) is 1.94. The minimum absolute atomic E-state index is 0.0477. The Bertz CT molecular complexity index is 382. The van der Waals surface area contributed by atoms with Crippen LogP contribution in [0.2, 0.25) is 0 Å². The summed E-state index contributed by atoms with van der Waals surface area (Å²) < 4.78 is 1.92. The average Bonchev–Trinajstić information content (AvgIpc) is 2.45. The van der Waals surface area contributed by atoms with Crippen molar-refractivity contribution in [1.29, 1.82) is 0 Å². The quantitative estimate of drug-likeness (QED) is 0.715. The first-order valence-electron chi connectivity index (χ1n) is 4.81. The molecule has 2 heterocycles. The van der Waals surface area contributed by atoms with E-state index in [1.807, 2.05) is 18.4 Å². The van der Waals surface area contributed by atoms with Crippen molar-refractivity contribution in [2.45, 2.75) is 26.8 Å². The summed E-state index contributed by atoms with van der Waals surface area (Å²) >= 11 is 0. The van der Waals surface area contributed by atoms with Crippen molar-refractivity contribution in [2.75, 3.05) is 6.61 Å². The topological polar surface area (TPSA) is 55.1 Å². The fraction of sp³-hybridized carbons (Fsp3) is 0.600. The minimum atomic E-state index is 0.0477. The zero-order valence-corrected chi connectivity index (χ0v) is 8.45. The van der Waals surface area contributed by atoms with Gasteiger partial charge in [-0.3, -0.25) is 4.79 Å². The molecule has 1 aromatic rings. The van der Waals surface area contributed by atoms with Crippen molar-refractivity contribution in [3.05, 3.63) is 17.2 Å². The highest BCUT2D eigenvalue weighted by Gasteiger charge is 2.27. The highest BCUT2D eigenvalue weighted by atomic mass is 16.3. The van der Waals surface area contributed by atoms with Gasteiger partial charge in [-0.25, -0.2) is 4.98 Å². The van der Waals surface area contributed by atoms with Crippen molar-refractivity contribution in [3.8, 4) is 0 Å². The predicted octanol–water partition coefficient (Wildman–Crippen LogP) is 0.695. The van der Waals surface area contributed by atoms with Crippen LogP contribution in [0, 0.1) is 19.8 Å². The van der Waals surface area contributed by atoms with Crippen LogP contribution in [0.5, 0.6) is 0 Å². The molecule has 76 valence electrons. The second kappa shape index (κ2) is 3.20. The fourth-order valence-corrected chi connectivity index (χ4v) is 1.89. The van der Waals surface area contributed by atoms with Gasteiger partial charge in [0, 0.05) is 31.2 Å². The molecule has 1 N–H and O–H groups in total. The van der Waals surface area contributed by atoms with Gasteiger partial charge in [-0.1, -0.05) is 0 Å². The van der Waals surface area contributed by atoms with Crippen molar-refractivity contribution < 1.29 is 9.90 Å². The van der Waals surface area contributed by atoms with E-state index in [0.717, 1.165) is 11.4 Å². The van der Waals surface area contributed by atoms with Crippen molar-refractivity contribution >= 4 is 5.78 Å². The van der Waals surface area contributed by atoms with E-state index in [4.69, 9.17) is 5.11 Å². The second-order valence-corrected chi connectivity index (χ2v) is 3.89. The Kier molecular flexibility index (Phi) is 2.15. The fourth-order valence-electron chi connectivity index (χ4n) is 1.89. The van der Waals surface area contributed by atoms with Crippen LogP contribution < -0.4 is 0 Å². The molecule has 0 aromatic carbocycles. The molecule has 1 aliphatic heterocycles. The van der Waals surface area contributed by atoms with Gasteiger partial charge in [0.1, 0.15) is 0 Å². The molecule has 1 atom stereocenters. The molecule has 1 aliphatic rings. The van der Waals surface area contributed by atoms with Crippen LogP contribution in [0.4, 0.5) is 0 Å². The van der Waals surface area contributed by atoms with Crippen molar-refractivity contribution in [3.63, 3.8) is 0 Å². The van der Waals surface area contributed by atoms with Gasteiger partial charge in [0.15, 0.2) is 11.6 Å². The Hall–Kier alpha value is -1.16. The molecule has 0 bridgehead atoms. The third-order valence-corrected chi connectivity index (χ3v) is 2.88. The molecule has 14 heavy (non-hydrogen) atoms. The molecular weight excluding hydrogens is 180 g/mol. The first-order chi connectivity index (χ1) is 6.63. The molecule has 0 aliphatic carbocycles. The van der Waals surface area contributed by atoms with Gasteiger partial charge < -0.3 is 9.67 Å². The SMILES string of the molecule is Cc1nc2n(c1C)CC(CO)CC2=O. The molecular formula is C10H14N2O2. The molecule has 0 fully saturated rings. The largest absolute Gasteiger partial charge is 0.396 e. The van der Waals surface area contributed by atoms with Crippen LogP contribution in [0.25, 0.3) is 0 Å². The van der Waals surface area contributed by atoms with Gasteiger partial charge in [0.2, 0.25) is 0 Å². The Balaban J connectivity index is 2.45. The van der Waals surface area contributed by atoms with E-state index in [1.165, 1.54) is 0 Å². The van der Waals surface area contributed by atoms with E-state index in [1.54, 1.807) is 0 Å². The minimum Gasteiger partial charge on any atom is -0.396 e. The molecule has 0 spiro atoms. The molecule has 0 radical (unpaired) electrons. The van der Waals surface area contributed by atoms with Gasteiger partial charge in [-0.2, -0.15) is 0 Å². The van der Waals surface area contributed by atoms with E-state index in [2.05, 4.69) is 4.98 Å². The van der Waals surface area contributed by atoms with Crippen molar-refractivity contribution in [2.24, 2.45) is 5.92 Å². The average molecular weight is 194 g/mol. The lowest BCUT2D eigenvalue weighted by Gasteiger charge is -2.21. The number of aliphatic hydroxyl groups excluding tert-OH is 1. The number of hydrogen-bond acceptors (Lipinski definition) is 3. The summed E-state index contributed by atoms with van der Waals surface area (Å²) in [4.78, 5) is 15.9. The molecule has 0 saturated heterocycles. The Labute approximate surface area is 82.6 Å². The monoisotopic (exact) mass is 194 g/mol. The number of fused-ring (bicyclic) bond motifs is 1. The van der Waals surface area contributed by atoms with Crippen LogP contribution in [0.1, 0.15) is 28.4 Å². The maximum Gasteiger partial charge on any atom is 0.198 e. The lowest BCUT2D eigenvalue weighted by Crippen LogP contribution is -2.28. The number of rotatable bonds is 1. The van der Waals surface area contributed by atoms with Gasteiger partial charge >= 0.3 is 0 Å². The van der Waals surface area contributed by atoms with Gasteiger partial charge in [0.25, 0.3) is 0 Å². The maximum absolute atomic E-state index is 11.6. The lowest BCUT2D eigenvalue weighted by atomic mass is 9.99. The molecule has 1 unspecified atom stereocenters. The number of Topliss-reactive ketones (excluding diaryl/α,β-unsaturated/α-hetero) is 1. The summed E-state index contributed by atoms with van der Waals surface area (Å²) in [5, 5.41) is 9.05. The van der Waals surface area contributed by atoms with E-state index in [9.17, 15) is 4.79 Å². The van der Waals surface area contributed by atoms with E-state index in [-0.39, 0.29) is 18.3 Å². The number of carbonyl (C=O) groups excluding carboxylic acids is 1. The third-order valence-electron chi connectivity index (χ3n) is 2.88. The number of hydrogen-bond donors (Lipinski definition) is 1. The number of aromatic nitrogens is 2. The Morgan fingerprint density at radius 1 is 1.57 bits per heavy atom. The van der Waals surface area contributed by atoms with E-state index in [0.29, 0.717) is 18.8 Å². The van der Waals surface area contributed by atoms with Crippen LogP contribution >= 0.6 is 0 Å². The molecule has 4 heteroatoms. The summed E-state index contributed by atoms with van der Waals surface area (Å²) in [7, 11) is 0. The maximum atomic E-state index is 11.6. The number of nitrogens with zero attached hydrogens (tertiary/aromatic N) is 2. The molecule has 2 rings (SSSR count). The van der Waals surface area contributed by atoms with Crippen molar-refractivity contribution in [1.82, 2.24) is 9.55 Å². The molecule has 1 aromatic heterocycles. The van der Waals surface area contributed by atoms with Crippen LogP contribution in [-0.2, 0) is 6.54 Å². The summed E-state index contributed by atoms with van der Waals surface area (Å²) in [6.45, 7) is 4.65.